The molecule has 0 fully saturated rings. The molecular formula is C13H18BrNO. The van der Waals surface area contributed by atoms with Gasteiger partial charge in [-0.15, -0.1) is 0 Å². The average molecular weight is 284 g/mol. The van der Waals surface area contributed by atoms with E-state index in [1.54, 1.807) is 4.90 Å². The lowest BCUT2D eigenvalue weighted by atomic mass is 10.1. The second kappa shape index (κ2) is 5.48. The minimum absolute atomic E-state index is 0.0788. The molecule has 0 saturated heterocycles. The molecule has 1 aromatic carbocycles. The zero-order valence-corrected chi connectivity index (χ0v) is 11.8. The summed E-state index contributed by atoms with van der Waals surface area (Å²) in [6.07, 6.45) is 0. The van der Waals surface area contributed by atoms with Gasteiger partial charge in [0.05, 0.1) is 0 Å². The Kier molecular flexibility index (Phi) is 4.54. The van der Waals surface area contributed by atoms with Crippen LogP contribution in [0.3, 0.4) is 0 Å². The van der Waals surface area contributed by atoms with Crippen molar-refractivity contribution in [1.82, 2.24) is 4.90 Å². The first-order chi connectivity index (χ1) is 7.47. The molecule has 0 bridgehead atoms. The van der Waals surface area contributed by atoms with Crippen LogP contribution in [-0.2, 0) is 0 Å². The van der Waals surface area contributed by atoms with Crippen LogP contribution in [0.5, 0.6) is 0 Å². The maximum Gasteiger partial charge on any atom is 0.253 e. The fourth-order valence-corrected chi connectivity index (χ4v) is 1.82. The first-order valence-corrected chi connectivity index (χ1v) is 6.50. The Morgan fingerprint density at radius 3 is 2.50 bits per heavy atom. The van der Waals surface area contributed by atoms with E-state index in [-0.39, 0.29) is 11.9 Å². The normalized spacial score (nSPS) is 12.3. The summed E-state index contributed by atoms with van der Waals surface area (Å²) in [5.74, 6) is 0.0788. The van der Waals surface area contributed by atoms with Gasteiger partial charge >= 0.3 is 0 Å². The van der Waals surface area contributed by atoms with Crippen molar-refractivity contribution in [3.05, 3.63) is 34.9 Å². The molecule has 1 rings (SSSR count). The van der Waals surface area contributed by atoms with Gasteiger partial charge in [0, 0.05) is 24.0 Å². The summed E-state index contributed by atoms with van der Waals surface area (Å²) >= 11 is 3.39. The molecule has 1 atom stereocenters. The van der Waals surface area contributed by atoms with Crippen LogP contribution in [0.15, 0.2) is 18.2 Å². The SMILES string of the molecule is Cc1ccc(C(=O)N(C)C(C)CBr)cc1C. The average Bonchev–Trinajstić information content (AvgIpc) is 2.29. The third kappa shape index (κ3) is 2.85. The van der Waals surface area contributed by atoms with E-state index in [2.05, 4.69) is 22.9 Å². The highest BCUT2D eigenvalue weighted by Crippen LogP contribution is 2.13. The number of rotatable bonds is 3. The van der Waals surface area contributed by atoms with Crippen LogP contribution in [0.2, 0.25) is 0 Å². The largest absolute Gasteiger partial charge is 0.338 e. The minimum Gasteiger partial charge on any atom is -0.338 e. The van der Waals surface area contributed by atoms with Gasteiger partial charge in [0.15, 0.2) is 0 Å². The fraction of sp³-hybridized carbons (Fsp3) is 0.462. The van der Waals surface area contributed by atoms with Gasteiger partial charge in [-0.3, -0.25) is 4.79 Å². The predicted octanol–water partition coefficient (Wildman–Crippen LogP) is 3.16. The number of amides is 1. The Bertz CT molecular complexity index is 390. The molecule has 0 aliphatic carbocycles. The Morgan fingerprint density at radius 1 is 1.38 bits per heavy atom. The minimum atomic E-state index is 0.0788. The number of hydrogen-bond acceptors (Lipinski definition) is 1. The van der Waals surface area contributed by atoms with Gasteiger partial charge in [-0.05, 0) is 44.0 Å². The maximum absolute atomic E-state index is 12.1. The van der Waals surface area contributed by atoms with Crippen molar-refractivity contribution in [3.8, 4) is 0 Å². The monoisotopic (exact) mass is 283 g/mol. The molecule has 1 amide bonds. The van der Waals surface area contributed by atoms with Gasteiger partial charge in [-0.1, -0.05) is 22.0 Å². The number of alkyl halides is 1. The molecule has 0 N–H and O–H groups in total. The van der Waals surface area contributed by atoms with Crippen molar-refractivity contribution < 1.29 is 4.79 Å². The Hall–Kier alpha value is -0.830. The van der Waals surface area contributed by atoms with Crippen molar-refractivity contribution >= 4 is 21.8 Å². The number of aryl methyl sites for hydroxylation is 2. The van der Waals surface area contributed by atoms with Crippen LogP contribution >= 0.6 is 15.9 Å². The first kappa shape index (κ1) is 13.2. The van der Waals surface area contributed by atoms with Crippen LogP contribution in [0.25, 0.3) is 0 Å². The molecule has 0 spiro atoms. The van der Waals surface area contributed by atoms with Gasteiger partial charge in [-0.25, -0.2) is 0 Å². The second-order valence-electron chi connectivity index (χ2n) is 4.22. The molecular weight excluding hydrogens is 266 g/mol. The van der Waals surface area contributed by atoms with Crippen molar-refractivity contribution in [3.63, 3.8) is 0 Å². The van der Waals surface area contributed by atoms with Crippen LogP contribution in [-0.4, -0.2) is 29.2 Å². The quantitative estimate of drug-likeness (QED) is 0.781. The molecule has 0 aliphatic rings. The maximum atomic E-state index is 12.1. The molecule has 1 unspecified atom stereocenters. The van der Waals surface area contributed by atoms with Crippen molar-refractivity contribution in [2.24, 2.45) is 0 Å². The molecule has 2 nitrogen and oxygen atoms in total. The topological polar surface area (TPSA) is 20.3 Å². The van der Waals surface area contributed by atoms with E-state index >= 15 is 0 Å². The fourth-order valence-electron chi connectivity index (χ4n) is 1.38. The summed E-state index contributed by atoms with van der Waals surface area (Å²) in [5.41, 5.74) is 3.14. The smallest absolute Gasteiger partial charge is 0.253 e. The molecule has 0 saturated carbocycles. The predicted molar refractivity (Wildman–Crippen MR) is 71.3 cm³/mol. The summed E-state index contributed by atoms with van der Waals surface area (Å²) < 4.78 is 0. The summed E-state index contributed by atoms with van der Waals surface area (Å²) in [5, 5.41) is 0.792. The highest BCUT2D eigenvalue weighted by molar-refractivity contribution is 9.09. The third-order valence-electron chi connectivity index (χ3n) is 2.96. The second-order valence-corrected chi connectivity index (χ2v) is 4.87. The Balaban J connectivity index is 2.92. The van der Waals surface area contributed by atoms with Gasteiger partial charge in [-0.2, -0.15) is 0 Å². The number of carbonyl (C=O) groups excluding carboxylic acids is 1. The van der Waals surface area contributed by atoms with E-state index in [1.807, 2.05) is 39.1 Å². The molecule has 0 heterocycles. The van der Waals surface area contributed by atoms with E-state index in [9.17, 15) is 4.79 Å². The molecule has 1 aromatic rings. The standard InChI is InChI=1S/C13H18BrNO/c1-9-5-6-12(7-10(9)2)13(16)15(4)11(3)8-14/h5-7,11H,8H2,1-4H3. The van der Waals surface area contributed by atoms with Crippen molar-refractivity contribution in [2.45, 2.75) is 26.8 Å². The lowest BCUT2D eigenvalue weighted by molar-refractivity contribution is 0.0758. The van der Waals surface area contributed by atoms with Crippen LogP contribution in [0, 0.1) is 13.8 Å². The lowest BCUT2D eigenvalue weighted by Gasteiger charge is -2.23. The van der Waals surface area contributed by atoms with E-state index in [1.165, 1.54) is 5.56 Å². The van der Waals surface area contributed by atoms with E-state index in [0.29, 0.717) is 0 Å². The zero-order valence-electron chi connectivity index (χ0n) is 10.2. The summed E-state index contributed by atoms with van der Waals surface area (Å²) in [6.45, 7) is 6.10. The van der Waals surface area contributed by atoms with Crippen LogP contribution in [0.1, 0.15) is 28.4 Å². The molecule has 0 radical (unpaired) electrons. The van der Waals surface area contributed by atoms with E-state index in [0.717, 1.165) is 16.5 Å². The van der Waals surface area contributed by atoms with Gasteiger partial charge in [0.2, 0.25) is 0 Å². The highest BCUT2D eigenvalue weighted by atomic mass is 79.9. The van der Waals surface area contributed by atoms with Crippen molar-refractivity contribution in [2.75, 3.05) is 12.4 Å². The van der Waals surface area contributed by atoms with Gasteiger partial charge in [0.25, 0.3) is 5.91 Å². The summed E-state index contributed by atoms with van der Waals surface area (Å²) in [6, 6.07) is 6.04. The number of hydrogen-bond donors (Lipinski definition) is 0. The third-order valence-corrected chi connectivity index (χ3v) is 3.90. The lowest BCUT2D eigenvalue weighted by Crippen LogP contribution is -2.36. The van der Waals surface area contributed by atoms with Gasteiger partial charge in [0.1, 0.15) is 0 Å². The molecule has 3 heteroatoms. The molecule has 88 valence electrons. The number of halogens is 1. The Labute approximate surface area is 106 Å². The first-order valence-electron chi connectivity index (χ1n) is 5.37. The molecule has 16 heavy (non-hydrogen) atoms. The number of benzene rings is 1. The highest BCUT2D eigenvalue weighted by Gasteiger charge is 2.16. The molecule has 0 aromatic heterocycles. The number of carbonyl (C=O) groups is 1. The van der Waals surface area contributed by atoms with Crippen LogP contribution < -0.4 is 0 Å². The summed E-state index contributed by atoms with van der Waals surface area (Å²) in [7, 11) is 1.84. The van der Waals surface area contributed by atoms with Gasteiger partial charge < -0.3 is 4.90 Å². The summed E-state index contributed by atoms with van der Waals surface area (Å²) in [4.78, 5) is 13.9. The molecule has 0 aliphatic heterocycles. The Morgan fingerprint density at radius 2 is 2.00 bits per heavy atom. The van der Waals surface area contributed by atoms with E-state index in [4.69, 9.17) is 0 Å². The van der Waals surface area contributed by atoms with Crippen molar-refractivity contribution in [1.29, 1.82) is 0 Å². The van der Waals surface area contributed by atoms with E-state index < -0.39 is 0 Å². The van der Waals surface area contributed by atoms with Crippen LogP contribution in [0.4, 0.5) is 0 Å². The number of nitrogens with zero attached hydrogens (tertiary/aromatic N) is 1. The zero-order chi connectivity index (χ0) is 12.3.